The molecule has 1 N–H and O–H groups in total. The number of nitro groups is 1. The Labute approximate surface area is 179 Å². The van der Waals surface area contributed by atoms with Crippen molar-refractivity contribution in [3.8, 4) is 22.5 Å². The predicted molar refractivity (Wildman–Crippen MR) is 117 cm³/mol. The van der Waals surface area contributed by atoms with Crippen molar-refractivity contribution in [2.24, 2.45) is 0 Å². The Hall–Kier alpha value is -3.48. The molecule has 7 heteroatoms. The highest BCUT2D eigenvalue weighted by Gasteiger charge is 2.30. The van der Waals surface area contributed by atoms with Crippen LogP contribution in [0.15, 0.2) is 40.8 Å². The average molecular weight is 421 g/mol. The van der Waals surface area contributed by atoms with Gasteiger partial charge < -0.3 is 9.52 Å². The van der Waals surface area contributed by atoms with Gasteiger partial charge in [-0.1, -0.05) is 12.1 Å². The lowest BCUT2D eigenvalue weighted by Crippen LogP contribution is -2.29. The molecule has 0 radical (unpaired) electrons. The molecule has 1 heterocycles. The number of aryl methyl sites for hydroxylation is 1. The number of rotatable bonds is 5. The number of carbonyl (C=O) groups is 1. The van der Waals surface area contributed by atoms with Crippen LogP contribution >= 0.6 is 0 Å². The summed E-state index contributed by atoms with van der Waals surface area (Å²) >= 11 is 0. The summed E-state index contributed by atoms with van der Waals surface area (Å²) in [4.78, 5) is 23.0. The normalized spacial score (nSPS) is 13.1. The maximum absolute atomic E-state index is 12.1. The molecular weight excluding hydrogens is 396 g/mol. The molecule has 1 aromatic carbocycles. The van der Waals surface area contributed by atoms with E-state index in [0.717, 1.165) is 66.6 Å². The fourth-order valence-electron chi connectivity index (χ4n) is 4.57. The molecule has 1 aromatic rings. The molecule has 0 amide bonds. The summed E-state index contributed by atoms with van der Waals surface area (Å²) in [5.41, 5.74) is 2.17. The summed E-state index contributed by atoms with van der Waals surface area (Å²) in [6, 6.07) is 10.4. The monoisotopic (exact) mass is 421 g/mol. The highest BCUT2D eigenvalue weighted by molar-refractivity contribution is 6.03. The summed E-state index contributed by atoms with van der Waals surface area (Å²) in [6.45, 7) is 5.89. The van der Waals surface area contributed by atoms with Gasteiger partial charge in [-0.3, -0.25) is 10.1 Å². The fourth-order valence-corrected chi connectivity index (χ4v) is 4.57. The van der Waals surface area contributed by atoms with Gasteiger partial charge in [-0.15, -0.1) is 0 Å². The van der Waals surface area contributed by atoms with Crippen LogP contribution in [-0.2, 0) is 12.8 Å². The van der Waals surface area contributed by atoms with E-state index in [1.165, 1.54) is 6.07 Å². The summed E-state index contributed by atoms with van der Waals surface area (Å²) in [5.74, 6) is 0.205. The van der Waals surface area contributed by atoms with E-state index >= 15 is 0 Å². The van der Waals surface area contributed by atoms with Crippen molar-refractivity contribution in [3.05, 3.63) is 68.8 Å². The molecule has 160 valence electrons. The standard InChI is InChI=1S/C24H24N2O5/c1-3-25(4-2)15-12-13-17-21(14-15)31-20-11-6-5-8-16(20)22(17)18-9-7-10-19(26(29)30)23(18)24(27)28/h7,9-10,12-14H,3-6,8,11H2,1-2H3/p+1. The van der Waals surface area contributed by atoms with Crippen LogP contribution < -0.4 is 9.93 Å². The fraction of sp³-hybridized carbons (Fsp3) is 0.333. The first-order chi connectivity index (χ1) is 15.0. The summed E-state index contributed by atoms with van der Waals surface area (Å²) in [7, 11) is 0. The lowest BCUT2D eigenvalue weighted by molar-refractivity contribution is -0.385. The number of benzene rings is 2. The van der Waals surface area contributed by atoms with Gasteiger partial charge in [-0.2, -0.15) is 0 Å². The third-order valence-corrected chi connectivity index (χ3v) is 6.04. The Bertz CT molecular complexity index is 1220. The Morgan fingerprint density at radius 3 is 2.52 bits per heavy atom. The van der Waals surface area contributed by atoms with Gasteiger partial charge in [-0.25, -0.2) is 9.37 Å². The van der Waals surface area contributed by atoms with E-state index in [1.54, 1.807) is 12.1 Å². The van der Waals surface area contributed by atoms with Crippen LogP contribution in [0.25, 0.3) is 22.5 Å². The van der Waals surface area contributed by atoms with Gasteiger partial charge in [0.05, 0.1) is 11.0 Å². The summed E-state index contributed by atoms with van der Waals surface area (Å²) in [5, 5.41) is 22.5. The Balaban J connectivity index is 2.12. The Morgan fingerprint density at radius 2 is 1.84 bits per heavy atom. The molecule has 4 rings (SSSR count). The molecule has 2 aliphatic carbocycles. The maximum atomic E-state index is 12.1. The highest BCUT2D eigenvalue weighted by Crippen LogP contribution is 2.43. The van der Waals surface area contributed by atoms with Crippen molar-refractivity contribution < 1.29 is 19.2 Å². The molecular formula is C24H25N2O5+. The van der Waals surface area contributed by atoms with Crippen molar-refractivity contribution in [1.29, 1.82) is 0 Å². The zero-order valence-electron chi connectivity index (χ0n) is 17.7. The number of nitrogens with zero attached hydrogens (tertiary/aromatic N) is 2. The maximum Gasteiger partial charge on any atom is 0.343 e. The largest absolute Gasteiger partial charge is 0.477 e. The number of hydrogen-bond donors (Lipinski definition) is 1. The molecule has 0 unspecified atom stereocenters. The van der Waals surface area contributed by atoms with Gasteiger partial charge in [0.1, 0.15) is 30.2 Å². The quantitative estimate of drug-likeness (QED) is 0.375. The van der Waals surface area contributed by atoms with Crippen molar-refractivity contribution in [2.45, 2.75) is 39.5 Å². The van der Waals surface area contributed by atoms with Crippen molar-refractivity contribution in [1.82, 2.24) is 4.58 Å². The molecule has 1 aliphatic heterocycles. The van der Waals surface area contributed by atoms with Crippen LogP contribution in [-0.4, -0.2) is 29.1 Å². The highest BCUT2D eigenvalue weighted by atomic mass is 16.6. The average Bonchev–Trinajstić information content (AvgIpc) is 2.77. The minimum atomic E-state index is -1.31. The number of carboxylic acid groups (broad SMARTS) is 1. The van der Waals surface area contributed by atoms with Crippen LogP contribution in [0.1, 0.15) is 48.4 Å². The Morgan fingerprint density at radius 1 is 1.10 bits per heavy atom. The topological polar surface area (TPSA) is 96.6 Å². The molecule has 0 bridgehead atoms. The molecule has 3 aliphatic rings. The minimum Gasteiger partial charge on any atom is -0.477 e. The van der Waals surface area contributed by atoms with Crippen LogP contribution in [0.5, 0.6) is 0 Å². The summed E-state index contributed by atoms with van der Waals surface area (Å²) < 4.78 is 8.51. The second-order valence-corrected chi connectivity index (χ2v) is 7.70. The van der Waals surface area contributed by atoms with Crippen molar-refractivity contribution in [2.75, 3.05) is 13.1 Å². The van der Waals surface area contributed by atoms with Gasteiger partial charge in [0.15, 0.2) is 0 Å². The Kier molecular flexibility index (Phi) is 5.59. The lowest BCUT2D eigenvalue weighted by atomic mass is 9.84. The van der Waals surface area contributed by atoms with Gasteiger partial charge in [-0.05, 0) is 44.7 Å². The SMILES string of the molecule is CC[N+](CC)=c1ccc2c(-c3cccc([N+](=O)[O-])c3C(=O)O)c3c(oc-2c1)CCCC3. The molecule has 0 spiro atoms. The van der Waals surface area contributed by atoms with Gasteiger partial charge >= 0.3 is 5.97 Å². The second kappa shape index (κ2) is 8.34. The third kappa shape index (κ3) is 3.60. The van der Waals surface area contributed by atoms with Crippen LogP contribution in [0.3, 0.4) is 0 Å². The van der Waals surface area contributed by atoms with Crippen LogP contribution in [0.4, 0.5) is 5.69 Å². The van der Waals surface area contributed by atoms with Crippen LogP contribution in [0, 0.1) is 10.1 Å². The number of carboxylic acids is 1. The minimum absolute atomic E-state index is 0.277. The predicted octanol–water partition coefficient (Wildman–Crippen LogP) is 4.35. The zero-order chi connectivity index (χ0) is 22.1. The van der Waals surface area contributed by atoms with Crippen molar-refractivity contribution in [3.63, 3.8) is 0 Å². The zero-order valence-corrected chi connectivity index (χ0v) is 17.7. The molecule has 0 saturated heterocycles. The number of fused-ring (bicyclic) bond motifs is 2. The first-order valence-corrected chi connectivity index (χ1v) is 10.6. The number of nitro benzene ring substituents is 1. The van der Waals surface area contributed by atoms with E-state index in [2.05, 4.69) is 18.4 Å². The van der Waals surface area contributed by atoms with E-state index < -0.39 is 16.6 Å². The van der Waals surface area contributed by atoms with Gasteiger partial charge in [0, 0.05) is 35.2 Å². The number of hydrogen-bond acceptors (Lipinski definition) is 4. The number of aromatic carboxylic acids is 1. The first-order valence-electron chi connectivity index (χ1n) is 10.6. The molecule has 0 aromatic heterocycles. The summed E-state index contributed by atoms with van der Waals surface area (Å²) in [6.07, 6.45) is 3.49. The second-order valence-electron chi connectivity index (χ2n) is 7.70. The van der Waals surface area contributed by atoms with E-state index in [-0.39, 0.29) is 5.56 Å². The van der Waals surface area contributed by atoms with E-state index in [4.69, 9.17) is 4.42 Å². The third-order valence-electron chi connectivity index (χ3n) is 6.04. The lowest BCUT2D eigenvalue weighted by Gasteiger charge is -2.23. The molecule has 0 atom stereocenters. The van der Waals surface area contributed by atoms with Gasteiger partial charge in [0.25, 0.3) is 5.69 Å². The van der Waals surface area contributed by atoms with E-state index in [1.807, 2.05) is 18.2 Å². The molecule has 7 nitrogen and oxygen atoms in total. The molecule has 0 fully saturated rings. The van der Waals surface area contributed by atoms with E-state index in [9.17, 15) is 20.0 Å². The first kappa shape index (κ1) is 20.8. The van der Waals surface area contributed by atoms with Crippen LogP contribution in [0.2, 0.25) is 0 Å². The van der Waals surface area contributed by atoms with E-state index in [0.29, 0.717) is 11.3 Å². The van der Waals surface area contributed by atoms with Gasteiger partial charge in [0.2, 0.25) is 5.36 Å². The van der Waals surface area contributed by atoms with Crippen molar-refractivity contribution >= 4 is 11.7 Å². The smallest absolute Gasteiger partial charge is 0.343 e. The molecule has 31 heavy (non-hydrogen) atoms. The molecule has 0 saturated carbocycles.